The number of nitrogens with one attached hydrogen (secondary N) is 1. The molecule has 1 aromatic carbocycles. The summed E-state index contributed by atoms with van der Waals surface area (Å²) in [6.45, 7) is 8.73. The fourth-order valence-electron chi connectivity index (χ4n) is 2.40. The van der Waals surface area contributed by atoms with E-state index in [9.17, 15) is 4.79 Å². The Morgan fingerprint density at radius 2 is 2.25 bits per heavy atom. The van der Waals surface area contributed by atoms with Gasteiger partial charge in [0.1, 0.15) is 0 Å². The predicted molar refractivity (Wildman–Crippen MR) is 88.1 cm³/mol. The molecule has 1 heterocycles. The number of benzene rings is 1. The van der Waals surface area contributed by atoms with Gasteiger partial charge in [-0.25, -0.2) is 0 Å². The lowest BCUT2D eigenvalue weighted by atomic mass is 10.1. The lowest BCUT2D eigenvalue weighted by Gasteiger charge is -2.37. The summed E-state index contributed by atoms with van der Waals surface area (Å²) in [6, 6.07) is 5.45. The highest BCUT2D eigenvalue weighted by Gasteiger charge is 2.31. The Morgan fingerprint density at radius 3 is 2.90 bits per heavy atom. The van der Waals surface area contributed by atoms with Crippen molar-refractivity contribution in [3.63, 3.8) is 0 Å². The minimum absolute atomic E-state index is 0.0665. The summed E-state index contributed by atoms with van der Waals surface area (Å²) >= 11 is 7.97. The maximum Gasteiger partial charge on any atom is 0.256 e. The largest absolute Gasteiger partial charge is 0.385 e. The molecule has 0 saturated carbocycles. The van der Waals surface area contributed by atoms with Crippen LogP contribution in [0.2, 0.25) is 5.02 Å². The summed E-state index contributed by atoms with van der Waals surface area (Å²) < 4.78 is 0.116. The van der Waals surface area contributed by atoms with E-state index in [1.807, 2.05) is 35.7 Å². The second-order valence-corrected chi connectivity index (χ2v) is 7.79. The number of amides is 1. The third-order valence-electron chi connectivity index (χ3n) is 3.29. The zero-order chi connectivity index (χ0) is 14.8. The van der Waals surface area contributed by atoms with Crippen molar-refractivity contribution in [2.45, 2.75) is 25.5 Å². The summed E-state index contributed by atoms with van der Waals surface area (Å²) in [5.41, 5.74) is 1.53. The van der Waals surface area contributed by atoms with Crippen molar-refractivity contribution in [3.8, 4) is 0 Å². The summed E-state index contributed by atoms with van der Waals surface area (Å²) in [6.07, 6.45) is 0. The van der Waals surface area contributed by atoms with Crippen LogP contribution in [0.15, 0.2) is 18.2 Å². The van der Waals surface area contributed by atoms with Gasteiger partial charge in [-0.2, -0.15) is 11.8 Å². The highest BCUT2D eigenvalue weighted by atomic mass is 35.5. The smallest absolute Gasteiger partial charge is 0.256 e. The number of thioether (sulfide) groups is 1. The minimum atomic E-state index is 0.0665. The highest BCUT2D eigenvalue weighted by molar-refractivity contribution is 8.00. The van der Waals surface area contributed by atoms with Crippen LogP contribution in [0.1, 0.15) is 31.1 Å². The van der Waals surface area contributed by atoms with Gasteiger partial charge in [0.05, 0.1) is 5.56 Å². The van der Waals surface area contributed by atoms with Gasteiger partial charge in [-0.1, -0.05) is 11.6 Å². The van der Waals surface area contributed by atoms with Crippen LogP contribution in [0.4, 0.5) is 5.69 Å². The van der Waals surface area contributed by atoms with E-state index in [-0.39, 0.29) is 10.7 Å². The molecular formula is C15H21ClN2OS. The quantitative estimate of drug-likeness (QED) is 0.923. The minimum Gasteiger partial charge on any atom is -0.385 e. The maximum absolute atomic E-state index is 12.8. The van der Waals surface area contributed by atoms with Crippen molar-refractivity contribution in [1.29, 1.82) is 0 Å². The summed E-state index contributed by atoms with van der Waals surface area (Å²) in [4.78, 5) is 14.7. The van der Waals surface area contributed by atoms with E-state index in [0.717, 1.165) is 31.1 Å². The van der Waals surface area contributed by atoms with Gasteiger partial charge in [-0.3, -0.25) is 4.79 Å². The van der Waals surface area contributed by atoms with E-state index < -0.39 is 0 Å². The Labute approximate surface area is 130 Å². The Bertz CT molecular complexity index is 505. The Balaban J connectivity index is 2.26. The normalized spacial score (nSPS) is 17.9. The second-order valence-electron chi connectivity index (χ2n) is 5.56. The van der Waals surface area contributed by atoms with Crippen LogP contribution in [-0.2, 0) is 0 Å². The van der Waals surface area contributed by atoms with Crippen molar-refractivity contribution in [3.05, 3.63) is 28.8 Å². The highest BCUT2D eigenvalue weighted by Crippen LogP contribution is 2.31. The van der Waals surface area contributed by atoms with Crippen LogP contribution in [-0.4, -0.2) is 40.9 Å². The molecule has 1 fully saturated rings. The molecule has 0 unspecified atom stereocenters. The Kier molecular flexibility index (Phi) is 4.86. The number of rotatable bonds is 3. The maximum atomic E-state index is 12.8. The van der Waals surface area contributed by atoms with Crippen LogP contribution < -0.4 is 5.32 Å². The molecule has 0 spiro atoms. The van der Waals surface area contributed by atoms with Crippen molar-refractivity contribution < 1.29 is 4.79 Å². The number of anilines is 1. The molecule has 0 radical (unpaired) electrons. The van der Waals surface area contributed by atoms with E-state index in [1.54, 1.807) is 6.07 Å². The molecule has 0 bridgehead atoms. The second kappa shape index (κ2) is 6.27. The van der Waals surface area contributed by atoms with Crippen LogP contribution >= 0.6 is 23.4 Å². The third kappa shape index (κ3) is 3.61. The van der Waals surface area contributed by atoms with Gasteiger partial charge in [0.15, 0.2) is 0 Å². The van der Waals surface area contributed by atoms with Crippen molar-refractivity contribution in [2.75, 3.05) is 30.7 Å². The number of halogens is 1. The molecule has 5 heteroatoms. The van der Waals surface area contributed by atoms with Gasteiger partial charge in [0.2, 0.25) is 0 Å². The molecule has 20 heavy (non-hydrogen) atoms. The van der Waals surface area contributed by atoms with E-state index in [4.69, 9.17) is 11.6 Å². The zero-order valence-corrected chi connectivity index (χ0v) is 13.8. The summed E-state index contributed by atoms with van der Waals surface area (Å²) in [7, 11) is 0. The Hall–Kier alpha value is -0.870. The van der Waals surface area contributed by atoms with Gasteiger partial charge in [0, 0.05) is 40.8 Å². The standard InChI is InChI=1S/C15H21ClN2OS/c1-4-17-13-6-5-11(16)9-12(13)14(19)18-7-8-20-15(2,3)10-18/h5-6,9,17H,4,7-8,10H2,1-3H3. The molecule has 3 nitrogen and oxygen atoms in total. The SMILES string of the molecule is CCNc1ccc(Cl)cc1C(=O)N1CCSC(C)(C)C1. The summed E-state index contributed by atoms with van der Waals surface area (Å²) in [5, 5.41) is 3.83. The first-order chi connectivity index (χ1) is 9.43. The molecule has 1 amide bonds. The monoisotopic (exact) mass is 312 g/mol. The van der Waals surface area contributed by atoms with Gasteiger partial charge in [0.25, 0.3) is 5.91 Å². The van der Waals surface area contributed by atoms with E-state index in [2.05, 4.69) is 19.2 Å². The fraction of sp³-hybridized carbons (Fsp3) is 0.533. The van der Waals surface area contributed by atoms with Crippen molar-refractivity contribution in [2.24, 2.45) is 0 Å². The molecule has 1 aliphatic heterocycles. The fourth-order valence-corrected chi connectivity index (χ4v) is 3.68. The topological polar surface area (TPSA) is 32.3 Å². The van der Waals surface area contributed by atoms with Gasteiger partial charge < -0.3 is 10.2 Å². The molecular weight excluding hydrogens is 292 g/mol. The Morgan fingerprint density at radius 1 is 1.50 bits per heavy atom. The van der Waals surface area contributed by atoms with Crippen LogP contribution in [0.5, 0.6) is 0 Å². The average molecular weight is 313 g/mol. The third-order valence-corrected chi connectivity index (χ3v) is 4.82. The van der Waals surface area contributed by atoms with Crippen molar-refractivity contribution >= 4 is 35.0 Å². The first-order valence-electron chi connectivity index (χ1n) is 6.89. The number of carbonyl (C=O) groups excluding carboxylic acids is 1. The predicted octanol–water partition coefficient (Wildman–Crippen LogP) is 3.74. The number of hydrogen-bond acceptors (Lipinski definition) is 3. The van der Waals surface area contributed by atoms with Gasteiger partial charge >= 0.3 is 0 Å². The number of hydrogen-bond donors (Lipinski definition) is 1. The average Bonchev–Trinajstić information content (AvgIpc) is 2.39. The number of carbonyl (C=O) groups is 1. The lowest BCUT2D eigenvalue weighted by molar-refractivity contribution is 0.0749. The van der Waals surface area contributed by atoms with Crippen LogP contribution in [0.3, 0.4) is 0 Å². The molecule has 1 aliphatic rings. The molecule has 0 aliphatic carbocycles. The van der Waals surface area contributed by atoms with E-state index >= 15 is 0 Å². The molecule has 0 atom stereocenters. The number of nitrogens with zero attached hydrogens (tertiary/aromatic N) is 1. The van der Waals surface area contributed by atoms with Crippen molar-refractivity contribution in [1.82, 2.24) is 4.90 Å². The molecule has 2 rings (SSSR count). The van der Waals surface area contributed by atoms with Crippen LogP contribution in [0, 0.1) is 0 Å². The first kappa shape index (κ1) is 15.5. The van der Waals surface area contributed by atoms with Gasteiger partial charge in [-0.05, 0) is 39.0 Å². The molecule has 110 valence electrons. The molecule has 0 aromatic heterocycles. The molecule has 1 N–H and O–H groups in total. The molecule has 1 saturated heterocycles. The van der Waals surface area contributed by atoms with E-state index in [1.165, 1.54) is 0 Å². The van der Waals surface area contributed by atoms with E-state index in [0.29, 0.717) is 10.6 Å². The molecule has 1 aromatic rings. The van der Waals surface area contributed by atoms with Gasteiger partial charge in [-0.15, -0.1) is 0 Å². The lowest BCUT2D eigenvalue weighted by Crippen LogP contribution is -2.46. The zero-order valence-electron chi connectivity index (χ0n) is 12.2. The summed E-state index contributed by atoms with van der Waals surface area (Å²) in [5.74, 6) is 1.05. The van der Waals surface area contributed by atoms with Crippen LogP contribution in [0.25, 0.3) is 0 Å². The first-order valence-corrected chi connectivity index (χ1v) is 8.26.